The maximum atomic E-state index is 12.5. The third kappa shape index (κ3) is 2.87. The average Bonchev–Trinajstić information content (AvgIpc) is 3.29. The van der Waals surface area contributed by atoms with Crippen LogP contribution in [0, 0.1) is 5.92 Å². The molecule has 1 saturated heterocycles. The summed E-state index contributed by atoms with van der Waals surface area (Å²) in [4.78, 5) is 15.9. The molecular weight excluding hydrogens is 300 g/mol. The minimum absolute atomic E-state index is 0.000587. The molecule has 4 rings (SSSR count). The molecule has 0 radical (unpaired) electrons. The molecule has 2 atom stereocenters. The summed E-state index contributed by atoms with van der Waals surface area (Å²) < 4.78 is 11.4. The molecule has 2 fully saturated rings. The van der Waals surface area contributed by atoms with E-state index in [1.165, 1.54) is 23.3 Å². The van der Waals surface area contributed by atoms with E-state index in [2.05, 4.69) is 16.8 Å². The van der Waals surface area contributed by atoms with Gasteiger partial charge in [0, 0.05) is 24.4 Å². The van der Waals surface area contributed by atoms with Crippen molar-refractivity contribution in [1.29, 1.82) is 0 Å². The second-order valence-electron chi connectivity index (χ2n) is 6.27. The van der Waals surface area contributed by atoms with Gasteiger partial charge >= 0.3 is 6.03 Å². The number of hydrogen-bond acceptors (Lipinski definition) is 4. The Bertz CT molecular complexity index is 543. The number of urea groups is 1. The summed E-state index contributed by atoms with van der Waals surface area (Å²) in [6.07, 6.45) is 3.44. The van der Waals surface area contributed by atoms with Crippen LogP contribution in [0.3, 0.4) is 0 Å². The molecule has 3 aliphatic rings. The Hall–Kier alpha value is -1.11. The predicted molar refractivity (Wildman–Crippen MR) is 84.2 cm³/mol. The number of rotatable bonds is 3. The normalized spacial score (nSPS) is 28.3. The summed E-state index contributed by atoms with van der Waals surface area (Å²) in [5, 5.41) is 5.19. The third-order valence-electron chi connectivity index (χ3n) is 4.81. The molecule has 3 heterocycles. The Morgan fingerprint density at radius 2 is 2.32 bits per heavy atom. The highest BCUT2D eigenvalue weighted by Crippen LogP contribution is 2.36. The first-order chi connectivity index (χ1) is 10.8. The Morgan fingerprint density at radius 3 is 3.18 bits per heavy atom. The van der Waals surface area contributed by atoms with Crippen molar-refractivity contribution in [3.63, 3.8) is 0 Å². The van der Waals surface area contributed by atoms with Gasteiger partial charge in [0.2, 0.25) is 0 Å². The number of hydrogen-bond donors (Lipinski definition) is 1. The number of carbonyl (C=O) groups excluding carboxylic acids is 1. The molecule has 1 saturated carbocycles. The maximum absolute atomic E-state index is 12.5. The van der Waals surface area contributed by atoms with E-state index >= 15 is 0 Å². The van der Waals surface area contributed by atoms with Gasteiger partial charge in [-0.3, -0.25) is 0 Å². The number of amides is 2. The molecule has 2 aliphatic heterocycles. The van der Waals surface area contributed by atoms with Crippen LogP contribution in [0.1, 0.15) is 29.4 Å². The number of nitrogens with one attached hydrogen (secondary N) is 1. The lowest BCUT2D eigenvalue weighted by atomic mass is 10.1. The molecule has 1 aliphatic carbocycles. The van der Waals surface area contributed by atoms with E-state index in [-0.39, 0.29) is 18.2 Å². The molecular formula is C16H22N2O3S. The molecule has 0 bridgehead atoms. The van der Waals surface area contributed by atoms with Gasteiger partial charge in [0.15, 0.2) is 0 Å². The fourth-order valence-electron chi connectivity index (χ4n) is 3.42. The fourth-order valence-corrected chi connectivity index (χ4v) is 4.34. The predicted octanol–water partition coefficient (Wildman–Crippen LogP) is 2.18. The van der Waals surface area contributed by atoms with E-state index in [0.717, 1.165) is 13.0 Å². The van der Waals surface area contributed by atoms with E-state index in [4.69, 9.17) is 9.47 Å². The monoisotopic (exact) mass is 322 g/mol. The van der Waals surface area contributed by atoms with Crippen molar-refractivity contribution in [3.05, 3.63) is 21.9 Å². The molecule has 1 N–H and O–H groups in total. The lowest BCUT2D eigenvalue weighted by molar-refractivity contribution is 0.00228. The van der Waals surface area contributed by atoms with Gasteiger partial charge in [-0.15, -0.1) is 11.3 Å². The van der Waals surface area contributed by atoms with E-state index in [9.17, 15) is 4.79 Å². The lowest BCUT2D eigenvalue weighted by Crippen LogP contribution is -2.54. The molecule has 120 valence electrons. The van der Waals surface area contributed by atoms with E-state index in [1.807, 2.05) is 4.90 Å². The minimum atomic E-state index is -0.000587. The summed E-state index contributed by atoms with van der Waals surface area (Å²) in [5.74, 6) is 0.639. The smallest absolute Gasteiger partial charge is 0.317 e. The Kier molecular flexibility index (Phi) is 4.07. The van der Waals surface area contributed by atoms with Crippen molar-refractivity contribution >= 4 is 17.4 Å². The van der Waals surface area contributed by atoms with Gasteiger partial charge in [0.05, 0.1) is 25.9 Å². The van der Waals surface area contributed by atoms with E-state index in [0.29, 0.717) is 32.2 Å². The molecule has 1 aromatic heterocycles. The molecule has 2 amide bonds. The zero-order valence-corrected chi connectivity index (χ0v) is 13.4. The van der Waals surface area contributed by atoms with Gasteiger partial charge in [-0.1, -0.05) is 0 Å². The molecule has 0 aromatic carbocycles. The van der Waals surface area contributed by atoms with Crippen LogP contribution in [0.4, 0.5) is 4.79 Å². The van der Waals surface area contributed by atoms with E-state index in [1.54, 1.807) is 11.3 Å². The minimum Gasteiger partial charge on any atom is -0.377 e. The van der Waals surface area contributed by atoms with Crippen molar-refractivity contribution in [2.24, 2.45) is 5.92 Å². The summed E-state index contributed by atoms with van der Waals surface area (Å²) >= 11 is 1.78. The highest BCUT2D eigenvalue weighted by atomic mass is 32.1. The first kappa shape index (κ1) is 14.5. The van der Waals surface area contributed by atoms with Crippen molar-refractivity contribution in [2.75, 3.05) is 32.9 Å². The number of morpholine rings is 1. The summed E-state index contributed by atoms with van der Waals surface area (Å²) in [6, 6.07) is 2.42. The summed E-state index contributed by atoms with van der Waals surface area (Å²) in [6.45, 7) is 3.33. The second kappa shape index (κ2) is 6.18. The molecule has 0 unspecified atom stereocenters. The van der Waals surface area contributed by atoms with Crippen LogP contribution in [0.2, 0.25) is 0 Å². The molecule has 6 heteroatoms. The number of nitrogens with zero attached hydrogens (tertiary/aromatic N) is 1. The molecule has 5 nitrogen and oxygen atoms in total. The summed E-state index contributed by atoms with van der Waals surface area (Å²) in [7, 11) is 0. The third-order valence-corrected chi connectivity index (χ3v) is 5.80. The lowest BCUT2D eigenvalue weighted by Gasteiger charge is -2.36. The number of carbonyl (C=O) groups is 1. The van der Waals surface area contributed by atoms with Crippen LogP contribution in [-0.4, -0.2) is 49.9 Å². The molecule has 0 spiro atoms. The standard InChI is InChI=1S/C16H22N2O3S/c19-16(18-5-7-20-10-13(18)11-1-2-11)17-9-14-12-4-8-22-15(12)3-6-21-14/h4,8,11,13-14H,1-3,5-7,9-10H2,(H,17,19)/t13-,14-/m0/s1. The van der Waals surface area contributed by atoms with Gasteiger partial charge in [-0.25, -0.2) is 4.79 Å². The number of fused-ring (bicyclic) bond motifs is 1. The Morgan fingerprint density at radius 1 is 1.41 bits per heavy atom. The van der Waals surface area contributed by atoms with Crippen LogP contribution in [0.5, 0.6) is 0 Å². The average molecular weight is 322 g/mol. The SMILES string of the molecule is O=C(NC[C@@H]1OCCc2sccc21)N1CCOC[C@H]1C1CC1. The highest BCUT2D eigenvalue weighted by Gasteiger charge is 2.39. The van der Waals surface area contributed by atoms with Crippen LogP contribution in [-0.2, 0) is 15.9 Å². The topological polar surface area (TPSA) is 50.8 Å². The van der Waals surface area contributed by atoms with Crippen molar-refractivity contribution in [2.45, 2.75) is 31.4 Å². The first-order valence-electron chi connectivity index (χ1n) is 8.13. The zero-order chi connectivity index (χ0) is 14.9. The van der Waals surface area contributed by atoms with Gasteiger partial charge < -0.3 is 19.7 Å². The van der Waals surface area contributed by atoms with Crippen LogP contribution >= 0.6 is 11.3 Å². The van der Waals surface area contributed by atoms with Gasteiger partial charge in [-0.2, -0.15) is 0 Å². The summed E-state index contributed by atoms with van der Waals surface area (Å²) in [5.41, 5.74) is 1.25. The Labute approximate surface area is 134 Å². The number of ether oxygens (including phenoxy) is 2. The van der Waals surface area contributed by atoms with Gasteiger partial charge in [-0.05, 0) is 35.8 Å². The van der Waals surface area contributed by atoms with Gasteiger partial charge in [0.1, 0.15) is 6.10 Å². The zero-order valence-electron chi connectivity index (χ0n) is 12.6. The van der Waals surface area contributed by atoms with Gasteiger partial charge in [0.25, 0.3) is 0 Å². The largest absolute Gasteiger partial charge is 0.377 e. The van der Waals surface area contributed by atoms with Crippen LogP contribution in [0.25, 0.3) is 0 Å². The second-order valence-corrected chi connectivity index (χ2v) is 7.27. The van der Waals surface area contributed by atoms with Crippen molar-refractivity contribution in [3.8, 4) is 0 Å². The van der Waals surface area contributed by atoms with Crippen LogP contribution in [0.15, 0.2) is 11.4 Å². The van der Waals surface area contributed by atoms with Crippen LogP contribution < -0.4 is 5.32 Å². The van der Waals surface area contributed by atoms with Crippen molar-refractivity contribution in [1.82, 2.24) is 10.2 Å². The van der Waals surface area contributed by atoms with E-state index < -0.39 is 0 Å². The number of thiophene rings is 1. The first-order valence-corrected chi connectivity index (χ1v) is 9.01. The fraction of sp³-hybridized carbons (Fsp3) is 0.688. The molecule has 1 aromatic rings. The quantitative estimate of drug-likeness (QED) is 0.928. The highest BCUT2D eigenvalue weighted by molar-refractivity contribution is 7.10. The maximum Gasteiger partial charge on any atom is 0.317 e. The molecule has 22 heavy (non-hydrogen) atoms. The van der Waals surface area contributed by atoms with Crippen molar-refractivity contribution < 1.29 is 14.3 Å². The Balaban J connectivity index is 1.36.